The Morgan fingerprint density at radius 2 is 2.40 bits per heavy atom. The summed E-state index contributed by atoms with van der Waals surface area (Å²) < 4.78 is 0. The maximum absolute atomic E-state index is 10.2. The van der Waals surface area contributed by atoms with Crippen LogP contribution in [-0.2, 0) is 4.84 Å². The van der Waals surface area contributed by atoms with Crippen LogP contribution in [-0.4, -0.2) is 23.6 Å². The SMILES string of the molecule is CC1=C([N+](=O)[O-])CN(C)O1. The van der Waals surface area contributed by atoms with E-state index in [4.69, 9.17) is 4.84 Å². The lowest BCUT2D eigenvalue weighted by Gasteiger charge is -2.04. The van der Waals surface area contributed by atoms with Gasteiger partial charge in [-0.3, -0.25) is 10.1 Å². The summed E-state index contributed by atoms with van der Waals surface area (Å²) in [5.41, 5.74) is 0.141. The Bertz CT molecular complexity index is 199. The van der Waals surface area contributed by atoms with Gasteiger partial charge < -0.3 is 4.84 Å². The molecule has 0 aromatic carbocycles. The van der Waals surface area contributed by atoms with Crippen LogP contribution >= 0.6 is 0 Å². The second kappa shape index (κ2) is 2.26. The molecular weight excluding hydrogens is 136 g/mol. The minimum Gasteiger partial charge on any atom is -0.404 e. The first-order valence-electron chi connectivity index (χ1n) is 2.84. The van der Waals surface area contributed by atoms with Crippen LogP contribution in [0.25, 0.3) is 0 Å². The number of likely N-dealkylation sites (N-methyl/N-ethyl adjacent to an activating group) is 1. The van der Waals surface area contributed by atoms with Gasteiger partial charge in [-0.15, -0.1) is 5.06 Å². The minimum absolute atomic E-state index is 0.141. The third-order valence-electron chi connectivity index (χ3n) is 1.29. The topological polar surface area (TPSA) is 55.6 Å². The lowest BCUT2D eigenvalue weighted by atomic mass is 10.4. The van der Waals surface area contributed by atoms with Crippen LogP contribution in [0.5, 0.6) is 0 Å². The van der Waals surface area contributed by atoms with Gasteiger partial charge in [0.25, 0.3) is 0 Å². The Morgan fingerprint density at radius 1 is 1.80 bits per heavy atom. The van der Waals surface area contributed by atoms with E-state index < -0.39 is 4.92 Å². The van der Waals surface area contributed by atoms with Crippen molar-refractivity contribution in [1.29, 1.82) is 0 Å². The number of nitrogens with zero attached hydrogens (tertiary/aromatic N) is 2. The van der Waals surface area contributed by atoms with Gasteiger partial charge in [-0.2, -0.15) is 0 Å². The number of hydrogen-bond donors (Lipinski definition) is 0. The number of hydrogen-bond acceptors (Lipinski definition) is 4. The quantitative estimate of drug-likeness (QED) is 0.394. The first kappa shape index (κ1) is 7.01. The standard InChI is InChI=1S/C5H8N2O3/c1-4-5(7(8)9)3-6(2)10-4/h3H2,1-2H3. The molecule has 0 atom stereocenters. The largest absolute Gasteiger partial charge is 0.404 e. The first-order chi connectivity index (χ1) is 4.61. The van der Waals surface area contributed by atoms with Gasteiger partial charge in [0, 0.05) is 14.0 Å². The third kappa shape index (κ3) is 1.08. The van der Waals surface area contributed by atoms with E-state index in [1.54, 1.807) is 14.0 Å². The van der Waals surface area contributed by atoms with Gasteiger partial charge in [0.1, 0.15) is 6.54 Å². The molecule has 5 heteroatoms. The maximum atomic E-state index is 10.2. The van der Waals surface area contributed by atoms with Crippen molar-refractivity contribution in [3.8, 4) is 0 Å². The fourth-order valence-electron chi connectivity index (χ4n) is 0.827. The molecule has 0 saturated heterocycles. The van der Waals surface area contributed by atoms with Crippen molar-refractivity contribution in [2.24, 2.45) is 0 Å². The van der Waals surface area contributed by atoms with Gasteiger partial charge in [-0.1, -0.05) is 0 Å². The van der Waals surface area contributed by atoms with Crippen molar-refractivity contribution in [2.75, 3.05) is 13.6 Å². The Kier molecular flexibility index (Phi) is 1.58. The summed E-state index contributed by atoms with van der Waals surface area (Å²) in [5, 5.41) is 11.6. The summed E-state index contributed by atoms with van der Waals surface area (Å²) in [7, 11) is 1.65. The highest BCUT2D eigenvalue weighted by Gasteiger charge is 2.27. The molecular formula is C5H8N2O3. The second-order valence-electron chi connectivity index (χ2n) is 2.14. The van der Waals surface area contributed by atoms with E-state index in [0.717, 1.165) is 0 Å². The van der Waals surface area contributed by atoms with Gasteiger partial charge >= 0.3 is 5.70 Å². The number of allylic oxidation sites excluding steroid dienone is 1. The highest BCUT2D eigenvalue weighted by Crippen LogP contribution is 2.16. The summed E-state index contributed by atoms with van der Waals surface area (Å²) >= 11 is 0. The molecule has 0 aromatic rings. The van der Waals surface area contributed by atoms with Crippen LogP contribution in [0, 0.1) is 10.1 Å². The molecule has 0 fully saturated rings. The summed E-state index contributed by atoms with van der Waals surface area (Å²) in [6.45, 7) is 1.85. The maximum Gasteiger partial charge on any atom is 0.303 e. The molecule has 0 N–H and O–H groups in total. The molecule has 0 aliphatic carbocycles. The molecule has 10 heavy (non-hydrogen) atoms. The van der Waals surface area contributed by atoms with E-state index in [2.05, 4.69) is 0 Å². The number of rotatable bonds is 1. The fraction of sp³-hybridized carbons (Fsp3) is 0.600. The van der Waals surface area contributed by atoms with Gasteiger partial charge in [0.15, 0.2) is 5.76 Å². The Balaban J connectivity index is 2.76. The molecule has 0 amide bonds. The van der Waals surface area contributed by atoms with Gasteiger partial charge in [-0.25, -0.2) is 0 Å². The summed E-state index contributed by atoms with van der Waals surface area (Å²) in [4.78, 5) is 14.7. The molecule has 0 spiro atoms. The van der Waals surface area contributed by atoms with Crippen molar-refractivity contribution in [1.82, 2.24) is 5.06 Å². The monoisotopic (exact) mass is 144 g/mol. The van der Waals surface area contributed by atoms with Gasteiger partial charge in [0.05, 0.1) is 4.92 Å². The van der Waals surface area contributed by atoms with E-state index in [1.807, 2.05) is 0 Å². The zero-order chi connectivity index (χ0) is 7.72. The summed E-state index contributed by atoms with van der Waals surface area (Å²) in [6, 6.07) is 0. The molecule has 5 nitrogen and oxygen atoms in total. The molecule has 56 valence electrons. The van der Waals surface area contributed by atoms with Gasteiger partial charge in [-0.05, 0) is 0 Å². The summed E-state index contributed by atoms with van der Waals surface area (Å²) in [6.07, 6.45) is 0. The Hall–Kier alpha value is -1.10. The molecule has 0 aromatic heterocycles. The molecule has 0 bridgehead atoms. The van der Waals surface area contributed by atoms with Crippen molar-refractivity contribution < 1.29 is 9.76 Å². The predicted octanol–water partition coefficient (Wildman–Crippen LogP) is 0.372. The average Bonchev–Trinajstić information content (AvgIpc) is 2.10. The Morgan fingerprint density at radius 3 is 2.60 bits per heavy atom. The van der Waals surface area contributed by atoms with Crippen molar-refractivity contribution in [3.63, 3.8) is 0 Å². The molecule has 0 unspecified atom stereocenters. The third-order valence-corrected chi connectivity index (χ3v) is 1.29. The zero-order valence-corrected chi connectivity index (χ0v) is 5.83. The average molecular weight is 144 g/mol. The number of hydroxylamine groups is 2. The fourth-order valence-corrected chi connectivity index (χ4v) is 0.827. The molecule has 1 heterocycles. The lowest BCUT2D eigenvalue weighted by molar-refractivity contribution is -0.426. The minimum atomic E-state index is -0.418. The smallest absolute Gasteiger partial charge is 0.303 e. The van der Waals surface area contributed by atoms with E-state index in [9.17, 15) is 10.1 Å². The first-order valence-corrected chi connectivity index (χ1v) is 2.84. The van der Waals surface area contributed by atoms with Crippen LogP contribution in [0.15, 0.2) is 11.5 Å². The van der Waals surface area contributed by atoms with Crippen LogP contribution in [0.2, 0.25) is 0 Å². The van der Waals surface area contributed by atoms with Crippen LogP contribution in [0.1, 0.15) is 6.92 Å². The van der Waals surface area contributed by atoms with Crippen LogP contribution in [0.4, 0.5) is 0 Å². The van der Waals surface area contributed by atoms with Crippen molar-refractivity contribution >= 4 is 0 Å². The molecule has 1 aliphatic heterocycles. The highest BCUT2D eigenvalue weighted by molar-refractivity contribution is 5.02. The van der Waals surface area contributed by atoms with Gasteiger partial charge in [0.2, 0.25) is 0 Å². The van der Waals surface area contributed by atoms with Crippen LogP contribution in [0.3, 0.4) is 0 Å². The lowest BCUT2D eigenvalue weighted by Crippen LogP contribution is -2.14. The number of nitro groups is 1. The normalized spacial score (nSPS) is 19.4. The molecule has 0 radical (unpaired) electrons. The summed E-state index contributed by atoms with van der Waals surface area (Å²) in [5.74, 6) is 0.382. The predicted molar refractivity (Wildman–Crippen MR) is 33.4 cm³/mol. The molecule has 0 saturated carbocycles. The van der Waals surface area contributed by atoms with E-state index in [1.165, 1.54) is 5.06 Å². The van der Waals surface area contributed by atoms with E-state index >= 15 is 0 Å². The molecule has 1 rings (SSSR count). The zero-order valence-electron chi connectivity index (χ0n) is 5.83. The van der Waals surface area contributed by atoms with Crippen LogP contribution < -0.4 is 0 Å². The highest BCUT2D eigenvalue weighted by atomic mass is 16.7. The van der Waals surface area contributed by atoms with E-state index in [-0.39, 0.29) is 12.2 Å². The van der Waals surface area contributed by atoms with Crippen molar-refractivity contribution in [2.45, 2.75) is 6.92 Å². The molecule has 1 aliphatic rings. The second-order valence-corrected chi connectivity index (χ2v) is 2.14. The van der Waals surface area contributed by atoms with Crippen molar-refractivity contribution in [3.05, 3.63) is 21.6 Å². The Labute approximate surface area is 58.0 Å². The van der Waals surface area contributed by atoms with E-state index in [0.29, 0.717) is 5.76 Å².